The van der Waals surface area contributed by atoms with Crippen molar-refractivity contribution in [3.63, 3.8) is 0 Å². The first-order valence-corrected chi connectivity index (χ1v) is 9.03. The second-order valence-electron chi connectivity index (χ2n) is 5.91. The molecule has 0 heterocycles. The van der Waals surface area contributed by atoms with Gasteiger partial charge in [0.1, 0.15) is 12.4 Å². The number of ether oxygens (including phenoxy) is 2. The SMILES string of the molecule is CCOCCOc1cc(C)ccc1CNC(=NC)NCCN(C)CC.I. The van der Waals surface area contributed by atoms with E-state index in [0.29, 0.717) is 26.4 Å². The average molecular weight is 478 g/mol. The molecule has 26 heavy (non-hydrogen) atoms. The molecule has 0 atom stereocenters. The summed E-state index contributed by atoms with van der Waals surface area (Å²) in [6.45, 7) is 11.6. The van der Waals surface area contributed by atoms with E-state index < -0.39 is 0 Å². The quantitative estimate of drug-likeness (QED) is 0.222. The lowest BCUT2D eigenvalue weighted by atomic mass is 10.1. The summed E-state index contributed by atoms with van der Waals surface area (Å²) >= 11 is 0. The van der Waals surface area contributed by atoms with Crippen molar-refractivity contribution in [2.45, 2.75) is 27.3 Å². The maximum atomic E-state index is 5.88. The third-order valence-electron chi connectivity index (χ3n) is 3.91. The van der Waals surface area contributed by atoms with Crippen molar-refractivity contribution in [2.24, 2.45) is 4.99 Å². The van der Waals surface area contributed by atoms with Crippen LogP contribution in [0.15, 0.2) is 23.2 Å². The minimum absolute atomic E-state index is 0. The molecule has 0 saturated heterocycles. The van der Waals surface area contributed by atoms with Gasteiger partial charge in [0.15, 0.2) is 5.96 Å². The average Bonchev–Trinajstić information content (AvgIpc) is 2.62. The third kappa shape index (κ3) is 10.2. The molecule has 0 spiro atoms. The highest BCUT2D eigenvalue weighted by Gasteiger charge is 2.06. The van der Waals surface area contributed by atoms with Gasteiger partial charge in [-0.2, -0.15) is 0 Å². The molecule has 0 aromatic heterocycles. The van der Waals surface area contributed by atoms with Gasteiger partial charge in [0, 0.05) is 38.9 Å². The summed E-state index contributed by atoms with van der Waals surface area (Å²) in [5.74, 6) is 1.69. The fraction of sp³-hybridized carbons (Fsp3) is 0.632. The fourth-order valence-electron chi connectivity index (χ4n) is 2.22. The predicted octanol–water partition coefficient (Wildman–Crippen LogP) is 2.65. The van der Waals surface area contributed by atoms with Crippen LogP contribution in [0.3, 0.4) is 0 Å². The molecular weight excluding hydrogens is 443 g/mol. The van der Waals surface area contributed by atoms with Gasteiger partial charge in [-0.1, -0.05) is 19.1 Å². The summed E-state index contributed by atoms with van der Waals surface area (Å²) in [5.41, 5.74) is 2.29. The van der Waals surface area contributed by atoms with Crippen LogP contribution in [0.25, 0.3) is 0 Å². The van der Waals surface area contributed by atoms with Gasteiger partial charge in [-0.05, 0) is 39.1 Å². The van der Waals surface area contributed by atoms with Crippen LogP contribution in [0.5, 0.6) is 5.75 Å². The molecule has 1 aromatic carbocycles. The monoisotopic (exact) mass is 478 g/mol. The van der Waals surface area contributed by atoms with Gasteiger partial charge >= 0.3 is 0 Å². The Labute approximate surface area is 175 Å². The van der Waals surface area contributed by atoms with Crippen LogP contribution in [0.1, 0.15) is 25.0 Å². The number of likely N-dealkylation sites (N-methyl/N-ethyl adjacent to an activating group) is 1. The van der Waals surface area contributed by atoms with Crippen LogP contribution < -0.4 is 15.4 Å². The van der Waals surface area contributed by atoms with Crippen molar-refractivity contribution in [3.8, 4) is 5.75 Å². The number of nitrogens with zero attached hydrogens (tertiary/aromatic N) is 2. The van der Waals surface area contributed by atoms with E-state index in [4.69, 9.17) is 9.47 Å². The summed E-state index contributed by atoms with van der Waals surface area (Å²) in [6, 6.07) is 6.25. The molecule has 0 unspecified atom stereocenters. The Morgan fingerprint density at radius 2 is 1.96 bits per heavy atom. The Morgan fingerprint density at radius 3 is 2.62 bits per heavy atom. The minimum Gasteiger partial charge on any atom is -0.491 e. The molecule has 6 nitrogen and oxygen atoms in total. The topological polar surface area (TPSA) is 58.1 Å². The van der Waals surface area contributed by atoms with Gasteiger partial charge < -0.3 is 25.0 Å². The van der Waals surface area contributed by atoms with E-state index in [0.717, 1.165) is 36.9 Å². The smallest absolute Gasteiger partial charge is 0.191 e. The number of benzene rings is 1. The van der Waals surface area contributed by atoms with Crippen molar-refractivity contribution in [3.05, 3.63) is 29.3 Å². The fourth-order valence-corrected chi connectivity index (χ4v) is 2.22. The predicted molar refractivity (Wildman–Crippen MR) is 120 cm³/mol. The molecule has 150 valence electrons. The Balaban J connectivity index is 0.00000625. The molecule has 0 saturated carbocycles. The highest BCUT2D eigenvalue weighted by molar-refractivity contribution is 14.0. The number of hydrogen-bond donors (Lipinski definition) is 2. The number of aliphatic imine (C=N–C) groups is 1. The minimum atomic E-state index is 0. The van der Waals surface area contributed by atoms with E-state index in [1.54, 1.807) is 7.05 Å². The van der Waals surface area contributed by atoms with Crippen molar-refractivity contribution < 1.29 is 9.47 Å². The van der Waals surface area contributed by atoms with Crippen LogP contribution in [-0.2, 0) is 11.3 Å². The van der Waals surface area contributed by atoms with Crippen LogP contribution in [-0.4, -0.2) is 64.4 Å². The molecule has 0 aliphatic heterocycles. The highest BCUT2D eigenvalue weighted by Crippen LogP contribution is 2.20. The van der Waals surface area contributed by atoms with E-state index in [9.17, 15) is 0 Å². The molecule has 0 fully saturated rings. The van der Waals surface area contributed by atoms with Gasteiger partial charge in [-0.25, -0.2) is 0 Å². The Hall–Kier alpha value is -1.06. The van der Waals surface area contributed by atoms with Crippen LogP contribution in [0, 0.1) is 6.92 Å². The van der Waals surface area contributed by atoms with E-state index in [1.165, 1.54) is 5.56 Å². The van der Waals surface area contributed by atoms with E-state index in [1.807, 2.05) is 6.92 Å². The first-order valence-electron chi connectivity index (χ1n) is 9.03. The number of nitrogens with one attached hydrogen (secondary N) is 2. The largest absolute Gasteiger partial charge is 0.491 e. The molecule has 0 bridgehead atoms. The van der Waals surface area contributed by atoms with Crippen molar-refractivity contribution in [2.75, 3.05) is 53.6 Å². The third-order valence-corrected chi connectivity index (χ3v) is 3.91. The summed E-state index contributed by atoms with van der Waals surface area (Å²) in [7, 11) is 3.89. The van der Waals surface area contributed by atoms with E-state index >= 15 is 0 Å². The summed E-state index contributed by atoms with van der Waals surface area (Å²) in [5, 5.41) is 6.68. The van der Waals surface area contributed by atoms with Crippen molar-refractivity contribution >= 4 is 29.9 Å². The molecule has 0 radical (unpaired) electrons. The lowest BCUT2D eigenvalue weighted by Crippen LogP contribution is -2.40. The summed E-state index contributed by atoms with van der Waals surface area (Å²) in [4.78, 5) is 6.53. The molecule has 2 N–H and O–H groups in total. The van der Waals surface area contributed by atoms with E-state index in [-0.39, 0.29) is 24.0 Å². The number of hydrogen-bond acceptors (Lipinski definition) is 4. The zero-order chi connectivity index (χ0) is 18.5. The Bertz CT molecular complexity index is 526. The molecular formula is C19H35IN4O2. The zero-order valence-electron chi connectivity index (χ0n) is 16.8. The standard InChI is InChI=1S/C19H34N4O2.HI/c1-6-23(5)11-10-21-19(20-4)22-15-17-9-8-16(3)14-18(17)25-13-12-24-7-2;/h8-9,14H,6-7,10-13,15H2,1-5H3,(H2,20,21,22);1H. The molecule has 0 amide bonds. The molecule has 0 aliphatic carbocycles. The van der Waals surface area contributed by atoms with Crippen molar-refractivity contribution in [1.29, 1.82) is 0 Å². The highest BCUT2D eigenvalue weighted by atomic mass is 127. The lowest BCUT2D eigenvalue weighted by Gasteiger charge is -2.17. The van der Waals surface area contributed by atoms with Gasteiger partial charge in [-0.3, -0.25) is 4.99 Å². The molecule has 0 aliphatic rings. The number of guanidine groups is 1. The number of rotatable bonds is 11. The Kier molecular flexibility index (Phi) is 14.4. The summed E-state index contributed by atoms with van der Waals surface area (Å²) in [6.07, 6.45) is 0. The van der Waals surface area contributed by atoms with Crippen LogP contribution in [0.2, 0.25) is 0 Å². The second-order valence-corrected chi connectivity index (χ2v) is 5.91. The van der Waals surface area contributed by atoms with Gasteiger partial charge in [0.2, 0.25) is 0 Å². The van der Waals surface area contributed by atoms with E-state index in [2.05, 4.69) is 59.6 Å². The first kappa shape index (κ1) is 24.9. The maximum Gasteiger partial charge on any atom is 0.191 e. The normalized spacial score (nSPS) is 11.2. The van der Waals surface area contributed by atoms with Gasteiger partial charge in [-0.15, -0.1) is 24.0 Å². The van der Waals surface area contributed by atoms with Crippen LogP contribution in [0.4, 0.5) is 0 Å². The zero-order valence-corrected chi connectivity index (χ0v) is 19.1. The summed E-state index contributed by atoms with van der Waals surface area (Å²) < 4.78 is 11.2. The number of halogens is 1. The second kappa shape index (κ2) is 15.0. The van der Waals surface area contributed by atoms with Crippen LogP contribution >= 0.6 is 24.0 Å². The number of aryl methyl sites for hydroxylation is 1. The molecule has 1 rings (SSSR count). The van der Waals surface area contributed by atoms with Gasteiger partial charge in [0.25, 0.3) is 0 Å². The van der Waals surface area contributed by atoms with Crippen molar-refractivity contribution in [1.82, 2.24) is 15.5 Å². The Morgan fingerprint density at radius 1 is 1.19 bits per heavy atom. The molecule has 7 heteroatoms. The van der Waals surface area contributed by atoms with Gasteiger partial charge in [0.05, 0.1) is 6.61 Å². The lowest BCUT2D eigenvalue weighted by molar-refractivity contribution is 0.110. The first-order chi connectivity index (χ1) is 12.1. The maximum absolute atomic E-state index is 5.88. The molecule has 1 aromatic rings.